The van der Waals surface area contributed by atoms with Crippen LogP contribution in [-0.2, 0) is 35.7 Å². The largest absolute Gasteiger partial charge is 0.357 e. The summed E-state index contributed by atoms with van der Waals surface area (Å²) in [6.07, 6.45) is 3.12. The molecule has 0 amide bonds. The second kappa shape index (κ2) is 9.28. The number of benzene rings is 1. The standard InChI is InChI=1S/C19H27ClN4O2S/c1-5-21-19(24(3)13-18-10-17(20)12-23(18)2)22-11-15-6-8-16(9-7-15)14-27(4,25)26/h6-10,12H,5,11,13-14H2,1-4H3,(H,21,22). The highest BCUT2D eigenvalue weighted by molar-refractivity contribution is 7.89. The van der Waals surface area contributed by atoms with Crippen molar-refractivity contribution in [2.45, 2.75) is 25.8 Å². The van der Waals surface area contributed by atoms with Crippen LogP contribution in [0.4, 0.5) is 0 Å². The molecule has 0 saturated carbocycles. The first kappa shape index (κ1) is 21.3. The van der Waals surface area contributed by atoms with Crippen LogP contribution in [0.2, 0.25) is 5.02 Å². The monoisotopic (exact) mass is 410 g/mol. The minimum Gasteiger partial charge on any atom is -0.357 e. The van der Waals surface area contributed by atoms with Gasteiger partial charge in [0.05, 0.1) is 23.9 Å². The van der Waals surface area contributed by atoms with Gasteiger partial charge < -0.3 is 14.8 Å². The maximum atomic E-state index is 11.4. The van der Waals surface area contributed by atoms with Crippen molar-refractivity contribution in [2.75, 3.05) is 19.8 Å². The Kier molecular flexibility index (Phi) is 7.33. The number of aryl methyl sites for hydroxylation is 1. The molecule has 0 fully saturated rings. The van der Waals surface area contributed by atoms with Gasteiger partial charge in [0.15, 0.2) is 15.8 Å². The summed E-state index contributed by atoms with van der Waals surface area (Å²) in [6, 6.07) is 9.47. The second-order valence-electron chi connectivity index (χ2n) is 6.67. The van der Waals surface area contributed by atoms with Crippen LogP contribution in [0.3, 0.4) is 0 Å². The first-order chi connectivity index (χ1) is 12.7. The van der Waals surface area contributed by atoms with Gasteiger partial charge in [-0.2, -0.15) is 0 Å². The van der Waals surface area contributed by atoms with E-state index >= 15 is 0 Å². The Morgan fingerprint density at radius 3 is 2.41 bits per heavy atom. The van der Waals surface area contributed by atoms with E-state index in [4.69, 9.17) is 16.6 Å². The third-order valence-corrected chi connectivity index (χ3v) is 5.10. The molecule has 0 bridgehead atoms. The van der Waals surface area contributed by atoms with Crippen molar-refractivity contribution in [2.24, 2.45) is 12.0 Å². The van der Waals surface area contributed by atoms with E-state index in [0.29, 0.717) is 13.1 Å². The zero-order valence-corrected chi connectivity index (χ0v) is 17.8. The maximum Gasteiger partial charge on any atom is 0.194 e. The summed E-state index contributed by atoms with van der Waals surface area (Å²) >= 11 is 6.06. The lowest BCUT2D eigenvalue weighted by Crippen LogP contribution is -2.38. The van der Waals surface area contributed by atoms with Crippen molar-refractivity contribution >= 4 is 27.4 Å². The van der Waals surface area contributed by atoms with Gasteiger partial charge in [0.25, 0.3) is 0 Å². The fourth-order valence-corrected chi connectivity index (χ4v) is 3.79. The van der Waals surface area contributed by atoms with E-state index in [-0.39, 0.29) is 5.75 Å². The summed E-state index contributed by atoms with van der Waals surface area (Å²) in [5.41, 5.74) is 2.91. The number of rotatable bonds is 7. The summed E-state index contributed by atoms with van der Waals surface area (Å²) in [5.74, 6) is 0.858. The molecule has 0 saturated heterocycles. The zero-order valence-electron chi connectivity index (χ0n) is 16.2. The van der Waals surface area contributed by atoms with E-state index in [9.17, 15) is 8.42 Å². The lowest BCUT2D eigenvalue weighted by molar-refractivity contribution is 0.462. The van der Waals surface area contributed by atoms with E-state index in [1.165, 1.54) is 6.26 Å². The summed E-state index contributed by atoms with van der Waals surface area (Å²) in [5, 5.41) is 4.02. The minimum absolute atomic E-state index is 0.0567. The van der Waals surface area contributed by atoms with Gasteiger partial charge >= 0.3 is 0 Å². The third kappa shape index (κ3) is 6.92. The smallest absolute Gasteiger partial charge is 0.194 e. The van der Waals surface area contributed by atoms with Crippen LogP contribution in [0.1, 0.15) is 23.7 Å². The summed E-state index contributed by atoms with van der Waals surface area (Å²) in [6.45, 7) is 4.00. The Morgan fingerprint density at radius 1 is 1.26 bits per heavy atom. The average Bonchev–Trinajstić information content (AvgIpc) is 2.88. The van der Waals surface area contributed by atoms with Gasteiger partial charge in [-0.3, -0.25) is 0 Å². The Labute approximate surface area is 166 Å². The van der Waals surface area contributed by atoms with Crippen molar-refractivity contribution in [3.63, 3.8) is 0 Å². The number of guanidine groups is 1. The predicted molar refractivity (Wildman–Crippen MR) is 112 cm³/mol. The van der Waals surface area contributed by atoms with Gasteiger partial charge in [0, 0.05) is 38.8 Å². The van der Waals surface area contributed by atoms with E-state index in [2.05, 4.69) is 5.32 Å². The fourth-order valence-electron chi connectivity index (χ4n) is 2.72. The number of nitrogens with zero attached hydrogens (tertiary/aromatic N) is 3. The number of nitrogens with one attached hydrogen (secondary N) is 1. The van der Waals surface area contributed by atoms with E-state index in [1.807, 2.05) is 67.0 Å². The first-order valence-electron chi connectivity index (χ1n) is 8.73. The molecule has 8 heteroatoms. The van der Waals surface area contributed by atoms with Crippen molar-refractivity contribution in [3.05, 3.63) is 58.4 Å². The van der Waals surface area contributed by atoms with Crippen LogP contribution < -0.4 is 5.32 Å². The molecule has 0 spiro atoms. The van der Waals surface area contributed by atoms with Crippen LogP contribution in [-0.4, -0.2) is 43.7 Å². The molecule has 0 aliphatic heterocycles. The van der Waals surface area contributed by atoms with Gasteiger partial charge in [-0.1, -0.05) is 35.9 Å². The highest BCUT2D eigenvalue weighted by Gasteiger charge is 2.10. The van der Waals surface area contributed by atoms with Crippen molar-refractivity contribution in [1.29, 1.82) is 0 Å². The molecule has 27 heavy (non-hydrogen) atoms. The first-order valence-corrected chi connectivity index (χ1v) is 11.2. The number of halogens is 1. The molecule has 1 N–H and O–H groups in total. The summed E-state index contributed by atoms with van der Waals surface area (Å²) in [4.78, 5) is 6.74. The SMILES string of the molecule is CCNC(=NCc1ccc(CS(C)(=O)=O)cc1)N(C)Cc1cc(Cl)cn1C. The lowest BCUT2D eigenvalue weighted by Gasteiger charge is -2.22. The van der Waals surface area contributed by atoms with E-state index in [0.717, 1.165) is 34.3 Å². The van der Waals surface area contributed by atoms with Crippen LogP contribution in [0, 0.1) is 0 Å². The molecule has 1 aromatic carbocycles. The maximum absolute atomic E-state index is 11.4. The van der Waals surface area contributed by atoms with Crippen LogP contribution in [0.25, 0.3) is 0 Å². The van der Waals surface area contributed by atoms with Crippen molar-refractivity contribution < 1.29 is 8.42 Å². The molecule has 0 radical (unpaired) electrons. The molecule has 1 aromatic heterocycles. The third-order valence-electron chi connectivity index (χ3n) is 4.03. The Bertz CT molecular complexity index is 889. The molecule has 2 aromatic rings. The molecular weight excluding hydrogens is 384 g/mol. The molecule has 2 rings (SSSR count). The van der Waals surface area contributed by atoms with Gasteiger partial charge in [0.2, 0.25) is 0 Å². The lowest BCUT2D eigenvalue weighted by atomic mass is 10.1. The topological polar surface area (TPSA) is 66.7 Å². The van der Waals surface area contributed by atoms with Gasteiger partial charge in [-0.15, -0.1) is 0 Å². The van der Waals surface area contributed by atoms with Crippen LogP contribution in [0.5, 0.6) is 0 Å². The van der Waals surface area contributed by atoms with E-state index in [1.54, 1.807) is 0 Å². The van der Waals surface area contributed by atoms with Gasteiger partial charge in [-0.25, -0.2) is 13.4 Å². The number of hydrogen-bond donors (Lipinski definition) is 1. The number of aromatic nitrogens is 1. The average molecular weight is 411 g/mol. The predicted octanol–water partition coefficient (Wildman–Crippen LogP) is 2.82. The highest BCUT2D eigenvalue weighted by Crippen LogP contribution is 2.14. The Morgan fingerprint density at radius 2 is 1.89 bits per heavy atom. The minimum atomic E-state index is -3.02. The van der Waals surface area contributed by atoms with Crippen molar-refractivity contribution in [3.8, 4) is 0 Å². The molecule has 1 heterocycles. The summed E-state index contributed by atoms with van der Waals surface area (Å²) in [7, 11) is 0.932. The fraction of sp³-hybridized carbons (Fsp3) is 0.421. The highest BCUT2D eigenvalue weighted by atomic mass is 35.5. The van der Waals surface area contributed by atoms with Crippen LogP contribution >= 0.6 is 11.6 Å². The molecule has 0 unspecified atom stereocenters. The van der Waals surface area contributed by atoms with Gasteiger partial charge in [0.1, 0.15) is 0 Å². The van der Waals surface area contributed by atoms with Gasteiger partial charge in [-0.05, 0) is 24.1 Å². The quantitative estimate of drug-likeness (QED) is 0.563. The Hall–Kier alpha value is -1.99. The summed E-state index contributed by atoms with van der Waals surface area (Å²) < 4.78 is 24.8. The van der Waals surface area contributed by atoms with E-state index < -0.39 is 9.84 Å². The van der Waals surface area contributed by atoms with Crippen LogP contribution in [0.15, 0.2) is 41.5 Å². The Balaban J connectivity index is 2.06. The molecule has 0 aliphatic carbocycles. The molecule has 148 valence electrons. The molecular formula is C19H27ClN4O2S. The number of hydrogen-bond acceptors (Lipinski definition) is 3. The normalized spacial score (nSPS) is 12.3. The van der Waals surface area contributed by atoms with Crippen molar-refractivity contribution in [1.82, 2.24) is 14.8 Å². The zero-order chi connectivity index (χ0) is 20.0. The molecule has 0 atom stereocenters. The number of aliphatic imine (C=N–C) groups is 1. The number of sulfone groups is 1. The molecule has 0 aliphatic rings. The molecule has 6 nitrogen and oxygen atoms in total. The second-order valence-corrected chi connectivity index (χ2v) is 9.25.